The minimum atomic E-state index is -0.997. The molecule has 20 heavy (non-hydrogen) atoms. The van der Waals surface area contributed by atoms with E-state index >= 15 is 0 Å². The molecule has 5 nitrogen and oxygen atoms in total. The highest BCUT2D eigenvalue weighted by Gasteiger charge is 2.36. The number of hydrogen-bond acceptors (Lipinski definition) is 3. The van der Waals surface area contributed by atoms with Crippen molar-refractivity contribution in [1.82, 2.24) is 4.90 Å². The molecule has 2 unspecified atom stereocenters. The predicted molar refractivity (Wildman–Crippen MR) is 76.3 cm³/mol. The third-order valence-electron chi connectivity index (χ3n) is 3.60. The number of benzene rings is 1. The Morgan fingerprint density at radius 2 is 2.20 bits per heavy atom. The smallest absolute Gasteiger partial charge is 0.326 e. The monoisotopic (exact) mass is 341 g/mol. The zero-order valence-corrected chi connectivity index (χ0v) is 12.9. The van der Waals surface area contributed by atoms with Crippen molar-refractivity contribution >= 4 is 27.8 Å². The van der Waals surface area contributed by atoms with Gasteiger partial charge in [-0.25, -0.2) is 4.79 Å². The van der Waals surface area contributed by atoms with Crippen LogP contribution >= 0.6 is 15.9 Å². The molecule has 1 heterocycles. The summed E-state index contributed by atoms with van der Waals surface area (Å²) in [6.45, 7) is 1.91. The summed E-state index contributed by atoms with van der Waals surface area (Å²) < 4.78 is 5.89. The van der Waals surface area contributed by atoms with Crippen LogP contribution < -0.4 is 0 Å². The Labute approximate surface area is 125 Å². The molecule has 1 aliphatic heterocycles. The van der Waals surface area contributed by atoms with Gasteiger partial charge < -0.3 is 14.7 Å². The molecule has 1 aromatic carbocycles. The molecule has 1 aliphatic rings. The number of nitrogens with zero attached hydrogens (tertiary/aromatic N) is 1. The van der Waals surface area contributed by atoms with Crippen LogP contribution in [0.3, 0.4) is 0 Å². The Morgan fingerprint density at radius 3 is 2.80 bits per heavy atom. The van der Waals surface area contributed by atoms with Crippen molar-refractivity contribution < 1.29 is 19.4 Å². The van der Waals surface area contributed by atoms with Crippen molar-refractivity contribution in [1.29, 1.82) is 0 Å². The van der Waals surface area contributed by atoms with E-state index in [1.165, 1.54) is 12.0 Å². The van der Waals surface area contributed by atoms with E-state index in [-0.39, 0.29) is 12.5 Å². The lowest BCUT2D eigenvalue weighted by molar-refractivity contribution is -0.156. The van der Waals surface area contributed by atoms with E-state index in [0.717, 1.165) is 15.6 Å². The van der Waals surface area contributed by atoms with Gasteiger partial charge in [0.15, 0.2) is 0 Å². The maximum Gasteiger partial charge on any atom is 0.326 e. The summed E-state index contributed by atoms with van der Waals surface area (Å²) >= 11 is 3.44. The minimum absolute atomic E-state index is 0.290. The topological polar surface area (TPSA) is 66.8 Å². The molecule has 0 aliphatic carbocycles. The average molecular weight is 342 g/mol. The normalized spacial score (nSPS) is 19.4. The summed E-state index contributed by atoms with van der Waals surface area (Å²) in [4.78, 5) is 25.1. The van der Waals surface area contributed by atoms with Crippen molar-refractivity contribution in [3.8, 4) is 0 Å². The molecule has 0 saturated heterocycles. The van der Waals surface area contributed by atoms with Gasteiger partial charge in [-0.15, -0.1) is 0 Å². The van der Waals surface area contributed by atoms with E-state index in [9.17, 15) is 14.7 Å². The number of carboxylic acids is 1. The molecule has 1 aromatic rings. The highest BCUT2D eigenvalue weighted by atomic mass is 79.9. The standard InChI is InChI=1S/C14H16BrNO4/c1-8(20-2)13(17)16-7-9-4-3-5-11(15)10(9)6-12(16)14(18)19/h3-5,8,12H,6-7H2,1-2H3,(H,18,19). The van der Waals surface area contributed by atoms with Gasteiger partial charge in [0.2, 0.25) is 0 Å². The maximum absolute atomic E-state index is 12.3. The molecule has 1 amide bonds. The lowest BCUT2D eigenvalue weighted by atomic mass is 9.93. The molecule has 0 aromatic heterocycles. The van der Waals surface area contributed by atoms with Gasteiger partial charge in [-0.3, -0.25) is 4.79 Å². The van der Waals surface area contributed by atoms with Gasteiger partial charge in [0, 0.05) is 24.5 Å². The number of methoxy groups -OCH3 is 1. The van der Waals surface area contributed by atoms with Crippen molar-refractivity contribution in [2.75, 3.05) is 7.11 Å². The van der Waals surface area contributed by atoms with Gasteiger partial charge in [0.1, 0.15) is 12.1 Å². The highest BCUT2D eigenvalue weighted by Crippen LogP contribution is 2.30. The number of carbonyl (C=O) groups is 2. The van der Waals surface area contributed by atoms with Gasteiger partial charge >= 0.3 is 5.97 Å². The second-order valence-corrected chi connectivity index (χ2v) is 5.63. The lowest BCUT2D eigenvalue weighted by Crippen LogP contribution is -2.51. The van der Waals surface area contributed by atoms with Crippen LogP contribution in [0.25, 0.3) is 0 Å². The second kappa shape index (κ2) is 5.93. The van der Waals surface area contributed by atoms with Gasteiger partial charge in [0.05, 0.1) is 0 Å². The van der Waals surface area contributed by atoms with Crippen molar-refractivity contribution in [3.63, 3.8) is 0 Å². The summed E-state index contributed by atoms with van der Waals surface area (Å²) in [5, 5.41) is 9.38. The first-order chi connectivity index (χ1) is 9.45. The molecule has 0 saturated carbocycles. The average Bonchev–Trinajstić information content (AvgIpc) is 2.44. The number of halogens is 1. The van der Waals surface area contributed by atoms with Crippen LogP contribution in [0.5, 0.6) is 0 Å². The fourth-order valence-electron chi connectivity index (χ4n) is 2.36. The number of rotatable bonds is 3. The lowest BCUT2D eigenvalue weighted by Gasteiger charge is -2.36. The first-order valence-corrected chi connectivity index (χ1v) is 7.07. The number of carboxylic acid groups (broad SMARTS) is 1. The zero-order chi connectivity index (χ0) is 14.9. The molecule has 6 heteroatoms. The molecular weight excluding hydrogens is 326 g/mol. The highest BCUT2D eigenvalue weighted by molar-refractivity contribution is 9.10. The Morgan fingerprint density at radius 1 is 1.50 bits per heavy atom. The molecule has 2 atom stereocenters. The molecule has 1 N–H and O–H groups in total. The number of hydrogen-bond donors (Lipinski definition) is 1. The van der Waals surface area contributed by atoms with E-state index in [4.69, 9.17) is 4.74 Å². The maximum atomic E-state index is 12.3. The summed E-state index contributed by atoms with van der Waals surface area (Å²) in [6.07, 6.45) is -0.348. The Balaban J connectivity index is 2.37. The molecule has 0 fully saturated rings. The van der Waals surface area contributed by atoms with E-state index in [2.05, 4.69) is 15.9 Å². The van der Waals surface area contributed by atoms with E-state index in [1.54, 1.807) is 6.92 Å². The number of carbonyl (C=O) groups excluding carboxylic acids is 1. The zero-order valence-electron chi connectivity index (χ0n) is 11.3. The van der Waals surface area contributed by atoms with Crippen LogP contribution in [0.15, 0.2) is 22.7 Å². The van der Waals surface area contributed by atoms with Crippen LogP contribution in [0.4, 0.5) is 0 Å². The van der Waals surface area contributed by atoms with Crippen LogP contribution in [0.2, 0.25) is 0 Å². The summed E-state index contributed by atoms with van der Waals surface area (Å²) in [7, 11) is 1.44. The minimum Gasteiger partial charge on any atom is -0.480 e. The fraction of sp³-hybridized carbons (Fsp3) is 0.429. The Kier molecular flexibility index (Phi) is 4.45. The molecule has 2 rings (SSSR count). The fourth-order valence-corrected chi connectivity index (χ4v) is 2.93. The third-order valence-corrected chi connectivity index (χ3v) is 4.34. The summed E-state index contributed by atoms with van der Waals surface area (Å²) in [5.41, 5.74) is 1.92. The molecule has 0 bridgehead atoms. The van der Waals surface area contributed by atoms with Gasteiger partial charge in [-0.1, -0.05) is 28.1 Å². The first kappa shape index (κ1) is 15.0. The Hall–Kier alpha value is -1.40. The molecule has 0 radical (unpaired) electrons. The predicted octanol–water partition coefficient (Wildman–Crippen LogP) is 1.82. The molecule has 108 valence electrons. The largest absolute Gasteiger partial charge is 0.480 e. The van der Waals surface area contributed by atoms with Crippen molar-refractivity contribution in [3.05, 3.63) is 33.8 Å². The van der Waals surface area contributed by atoms with Gasteiger partial charge in [-0.2, -0.15) is 0 Å². The quantitative estimate of drug-likeness (QED) is 0.910. The van der Waals surface area contributed by atoms with Gasteiger partial charge in [-0.05, 0) is 24.1 Å². The second-order valence-electron chi connectivity index (χ2n) is 4.78. The van der Waals surface area contributed by atoms with Crippen LogP contribution in [0, 0.1) is 0 Å². The van der Waals surface area contributed by atoms with Gasteiger partial charge in [0.25, 0.3) is 5.91 Å². The SMILES string of the molecule is COC(C)C(=O)N1Cc2cccc(Br)c2CC1C(=O)O. The Bertz CT molecular complexity index is 546. The number of amides is 1. The van der Waals surface area contributed by atoms with E-state index in [0.29, 0.717) is 6.42 Å². The van der Waals surface area contributed by atoms with E-state index < -0.39 is 18.1 Å². The number of aliphatic carboxylic acids is 1. The molecule has 0 spiro atoms. The number of fused-ring (bicyclic) bond motifs is 1. The van der Waals surface area contributed by atoms with E-state index in [1.807, 2.05) is 18.2 Å². The first-order valence-electron chi connectivity index (χ1n) is 6.28. The van der Waals surface area contributed by atoms with Crippen molar-refractivity contribution in [2.24, 2.45) is 0 Å². The summed E-state index contributed by atoms with van der Waals surface area (Å²) in [6, 6.07) is 4.82. The summed E-state index contributed by atoms with van der Waals surface area (Å²) in [5.74, 6) is -1.30. The third kappa shape index (κ3) is 2.71. The molecular formula is C14H16BrNO4. The van der Waals surface area contributed by atoms with Crippen LogP contribution in [-0.4, -0.2) is 41.1 Å². The van der Waals surface area contributed by atoms with Crippen LogP contribution in [0.1, 0.15) is 18.1 Å². The number of ether oxygens (including phenoxy) is 1. The van der Waals surface area contributed by atoms with Crippen molar-refractivity contribution in [2.45, 2.75) is 32.0 Å². The van der Waals surface area contributed by atoms with Crippen LogP contribution in [-0.2, 0) is 27.3 Å².